The van der Waals surface area contributed by atoms with Crippen LogP contribution in [0.2, 0.25) is 0 Å². The fourth-order valence-corrected chi connectivity index (χ4v) is 0.998. The Labute approximate surface area is 80.2 Å². The Morgan fingerprint density at radius 2 is 2.50 bits per heavy atom. The summed E-state index contributed by atoms with van der Waals surface area (Å²) in [6, 6.07) is 0. The quantitative estimate of drug-likeness (QED) is 0.666. The highest BCUT2D eigenvalue weighted by Gasteiger charge is 2.01. The molecule has 0 aliphatic heterocycles. The van der Waals surface area contributed by atoms with E-state index in [4.69, 9.17) is 4.74 Å². The Balaban J connectivity index is 2.11. The largest absolute Gasteiger partial charge is 0.383 e. The number of nitrogens with one attached hydrogen (secondary N) is 1. The summed E-state index contributed by atoms with van der Waals surface area (Å²) in [6.07, 6.45) is 2.99. The summed E-state index contributed by atoms with van der Waals surface area (Å²) in [5.41, 5.74) is 0. The van der Waals surface area contributed by atoms with Gasteiger partial charge in [-0.05, 0) is 0 Å². The van der Waals surface area contributed by atoms with Crippen molar-refractivity contribution in [2.24, 2.45) is 0 Å². The zero-order valence-corrected chi connectivity index (χ0v) is 7.71. The highest BCUT2D eigenvalue weighted by atomic mass is 16.5. The van der Waals surface area contributed by atoms with Gasteiger partial charge in [0.1, 0.15) is 12.7 Å². The molecule has 0 aliphatic carbocycles. The van der Waals surface area contributed by atoms with E-state index >= 15 is 0 Å². The number of methoxy groups -OCH3 is 1. The lowest BCUT2D eigenvalue weighted by Crippen LogP contribution is -2.08. The standard InChI is InChI=1S/C7H10N6O/c1-14-3-2-9-6-11-7-10-4-8-5-13(7)12-6/h4-5H,2-3H2,1H3,(H,9,12). The van der Waals surface area contributed by atoms with Crippen LogP contribution >= 0.6 is 0 Å². The van der Waals surface area contributed by atoms with Crippen LogP contribution in [0.5, 0.6) is 0 Å². The van der Waals surface area contributed by atoms with Crippen LogP contribution in [0.25, 0.3) is 5.78 Å². The lowest BCUT2D eigenvalue weighted by atomic mass is 10.7. The minimum absolute atomic E-state index is 0.528. The highest BCUT2D eigenvalue weighted by molar-refractivity contribution is 5.34. The summed E-state index contributed by atoms with van der Waals surface area (Å²) in [5.74, 6) is 1.06. The molecule has 0 amide bonds. The van der Waals surface area contributed by atoms with E-state index in [-0.39, 0.29) is 0 Å². The van der Waals surface area contributed by atoms with E-state index in [0.717, 1.165) is 0 Å². The van der Waals surface area contributed by atoms with Crippen LogP contribution in [0.15, 0.2) is 12.7 Å². The fourth-order valence-electron chi connectivity index (χ4n) is 0.998. The van der Waals surface area contributed by atoms with Gasteiger partial charge in [0.05, 0.1) is 6.61 Å². The molecule has 0 spiro atoms. The first-order valence-electron chi connectivity index (χ1n) is 4.15. The third-order valence-electron chi connectivity index (χ3n) is 1.62. The molecule has 2 aromatic rings. The second-order valence-corrected chi connectivity index (χ2v) is 2.61. The molecule has 74 valence electrons. The van der Waals surface area contributed by atoms with Crippen molar-refractivity contribution in [2.75, 3.05) is 25.6 Å². The summed E-state index contributed by atoms with van der Waals surface area (Å²) in [6.45, 7) is 1.28. The van der Waals surface area contributed by atoms with Crippen molar-refractivity contribution in [1.29, 1.82) is 0 Å². The minimum atomic E-state index is 0.528. The van der Waals surface area contributed by atoms with E-state index in [1.165, 1.54) is 10.8 Å². The van der Waals surface area contributed by atoms with Gasteiger partial charge < -0.3 is 10.1 Å². The van der Waals surface area contributed by atoms with Crippen molar-refractivity contribution in [3.8, 4) is 0 Å². The Morgan fingerprint density at radius 1 is 1.57 bits per heavy atom. The van der Waals surface area contributed by atoms with E-state index in [9.17, 15) is 0 Å². The number of hydrogen-bond acceptors (Lipinski definition) is 6. The Kier molecular flexibility index (Phi) is 2.50. The molecule has 0 aliphatic rings. The molecule has 7 nitrogen and oxygen atoms in total. The number of ether oxygens (including phenoxy) is 1. The molecule has 7 heteroatoms. The van der Waals surface area contributed by atoms with Gasteiger partial charge in [0, 0.05) is 13.7 Å². The zero-order valence-electron chi connectivity index (χ0n) is 7.71. The maximum atomic E-state index is 4.88. The van der Waals surface area contributed by atoms with Crippen molar-refractivity contribution >= 4 is 11.7 Å². The third-order valence-corrected chi connectivity index (χ3v) is 1.62. The van der Waals surface area contributed by atoms with Crippen LogP contribution in [0.4, 0.5) is 5.95 Å². The molecule has 14 heavy (non-hydrogen) atoms. The maximum absolute atomic E-state index is 4.88. The monoisotopic (exact) mass is 194 g/mol. The van der Waals surface area contributed by atoms with E-state index in [0.29, 0.717) is 24.9 Å². The molecule has 0 bridgehead atoms. The van der Waals surface area contributed by atoms with Gasteiger partial charge in [-0.3, -0.25) is 0 Å². The number of anilines is 1. The van der Waals surface area contributed by atoms with Gasteiger partial charge in [0.2, 0.25) is 5.95 Å². The van der Waals surface area contributed by atoms with Crippen LogP contribution in [0.3, 0.4) is 0 Å². The van der Waals surface area contributed by atoms with Gasteiger partial charge >= 0.3 is 0 Å². The molecule has 0 saturated carbocycles. The van der Waals surface area contributed by atoms with Crippen molar-refractivity contribution in [3.05, 3.63) is 12.7 Å². The van der Waals surface area contributed by atoms with Gasteiger partial charge in [-0.2, -0.15) is 14.5 Å². The summed E-state index contributed by atoms with van der Waals surface area (Å²) in [5, 5.41) is 7.10. The smallest absolute Gasteiger partial charge is 0.256 e. The summed E-state index contributed by atoms with van der Waals surface area (Å²) in [7, 11) is 1.64. The fraction of sp³-hybridized carbons (Fsp3) is 0.429. The Hall–Kier alpha value is -1.76. The molecule has 2 aromatic heterocycles. The SMILES string of the molecule is COCCNc1nc2ncncn2n1. The highest BCUT2D eigenvalue weighted by Crippen LogP contribution is 1.99. The Bertz CT molecular complexity index is 380. The molecule has 0 unspecified atom stereocenters. The molecule has 2 rings (SSSR count). The van der Waals surface area contributed by atoms with Gasteiger partial charge in [0.15, 0.2) is 0 Å². The number of nitrogens with zero attached hydrogens (tertiary/aromatic N) is 5. The molecule has 0 fully saturated rings. The van der Waals surface area contributed by atoms with Crippen LogP contribution in [-0.2, 0) is 4.74 Å². The van der Waals surface area contributed by atoms with Crippen LogP contribution in [0, 0.1) is 0 Å². The zero-order chi connectivity index (χ0) is 9.80. The maximum Gasteiger partial charge on any atom is 0.256 e. The van der Waals surface area contributed by atoms with Crippen molar-refractivity contribution in [2.45, 2.75) is 0 Å². The predicted octanol–water partition coefficient (Wildman–Crippen LogP) is -0.422. The molecule has 2 heterocycles. The first-order valence-corrected chi connectivity index (χ1v) is 4.15. The normalized spacial score (nSPS) is 10.6. The first kappa shape index (κ1) is 8.82. The van der Waals surface area contributed by atoms with Gasteiger partial charge in [0.25, 0.3) is 5.78 Å². The molecule has 0 saturated heterocycles. The van der Waals surface area contributed by atoms with Crippen LogP contribution in [-0.4, -0.2) is 44.8 Å². The number of aromatic nitrogens is 5. The van der Waals surface area contributed by atoms with Gasteiger partial charge in [-0.25, -0.2) is 4.98 Å². The van der Waals surface area contributed by atoms with E-state index in [1.807, 2.05) is 0 Å². The molecule has 0 atom stereocenters. The number of fused-ring (bicyclic) bond motifs is 1. The van der Waals surface area contributed by atoms with E-state index in [1.54, 1.807) is 13.4 Å². The third kappa shape index (κ3) is 1.77. The second kappa shape index (κ2) is 3.97. The lowest BCUT2D eigenvalue weighted by molar-refractivity contribution is 0.210. The van der Waals surface area contributed by atoms with E-state index < -0.39 is 0 Å². The molecule has 1 N–H and O–H groups in total. The summed E-state index contributed by atoms with van der Waals surface area (Å²) in [4.78, 5) is 11.9. The lowest BCUT2D eigenvalue weighted by Gasteiger charge is -1.97. The second-order valence-electron chi connectivity index (χ2n) is 2.61. The first-order chi connectivity index (χ1) is 6.90. The topological polar surface area (TPSA) is 77.2 Å². The van der Waals surface area contributed by atoms with Crippen molar-refractivity contribution < 1.29 is 4.74 Å². The predicted molar refractivity (Wildman–Crippen MR) is 48.9 cm³/mol. The molecule has 0 radical (unpaired) electrons. The van der Waals surface area contributed by atoms with E-state index in [2.05, 4.69) is 25.4 Å². The van der Waals surface area contributed by atoms with Crippen molar-refractivity contribution in [3.63, 3.8) is 0 Å². The molecular weight excluding hydrogens is 184 g/mol. The van der Waals surface area contributed by atoms with Gasteiger partial charge in [-0.15, -0.1) is 5.10 Å². The minimum Gasteiger partial charge on any atom is -0.383 e. The number of hydrogen-bond donors (Lipinski definition) is 1. The van der Waals surface area contributed by atoms with Crippen LogP contribution < -0.4 is 5.32 Å². The Morgan fingerprint density at radius 3 is 3.29 bits per heavy atom. The van der Waals surface area contributed by atoms with Crippen molar-refractivity contribution in [1.82, 2.24) is 24.6 Å². The molecular formula is C7H10N6O. The van der Waals surface area contributed by atoms with Crippen LogP contribution in [0.1, 0.15) is 0 Å². The average molecular weight is 194 g/mol. The summed E-state index contributed by atoms with van der Waals surface area (Å²) < 4.78 is 6.39. The molecule has 0 aromatic carbocycles. The average Bonchev–Trinajstić information content (AvgIpc) is 2.60. The summed E-state index contributed by atoms with van der Waals surface area (Å²) >= 11 is 0. The number of rotatable bonds is 4. The van der Waals surface area contributed by atoms with Gasteiger partial charge in [-0.1, -0.05) is 0 Å².